The molecule has 194 valence electrons. The van der Waals surface area contributed by atoms with Gasteiger partial charge in [0.25, 0.3) is 5.91 Å². The van der Waals surface area contributed by atoms with Gasteiger partial charge in [-0.1, -0.05) is 37.5 Å². The van der Waals surface area contributed by atoms with Gasteiger partial charge in [-0.25, -0.2) is 9.97 Å². The molecule has 1 aromatic carbocycles. The first-order chi connectivity index (χ1) is 18.4. The number of aromatic nitrogens is 2. The van der Waals surface area contributed by atoms with E-state index < -0.39 is 5.41 Å². The Labute approximate surface area is 224 Å². The lowest BCUT2D eigenvalue weighted by molar-refractivity contribution is 0.0757. The van der Waals surface area contributed by atoms with Crippen molar-refractivity contribution in [1.29, 1.82) is 5.26 Å². The molecule has 5 rings (SSSR count). The van der Waals surface area contributed by atoms with Gasteiger partial charge in [0.1, 0.15) is 17.1 Å². The lowest BCUT2D eigenvalue weighted by Crippen LogP contribution is -2.34. The lowest BCUT2D eigenvalue weighted by Gasteiger charge is -2.32. The number of nitrogens with zero attached hydrogens (tertiary/aromatic N) is 4. The quantitative estimate of drug-likeness (QED) is 0.573. The predicted molar refractivity (Wildman–Crippen MR) is 148 cm³/mol. The van der Waals surface area contributed by atoms with Crippen LogP contribution in [0.4, 0.5) is 5.82 Å². The van der Waals surface area contributed by atoms with Gasteiger partial charge < -0.3 is 15.0 Å². The van der Waals surface area contributed by atoms with Crippen molar-refractivity contribution in [2.75, 3.05) is 31.1 Å². The molecule has 0 unspecified atom stereocenters. The van der Waals surface area contributed by atoms with Crippen LogP contribution in [0.15, 0.2) is 78.6 Å². The van der Waals surface area contributed by atoms with E-state index in [2.05, 4.69) is 40.5 Å². The first-order valence-electron chi connectivity index (χ1n) is 13.1. The third kappa shape index (κ3) is 5.46. The number of piperidine rings is 1. The average Bonchev–Trinajstić information content (AvgIpc) is 3.79. The molecule has 38 heavy (non-hydrogen) atoms. The Hall–Kier alpha value is -4.02. The monoisotopic (exact) mass is 507 g/mol. The first kappa shape index (κ1) is 25.6. The topological polar surface area (TPSA) is 91.1 Å². The second-order valence-electron chi connectivity index (χ2n) is 10.5. The number of ether oxygens (including phenoxy) is 1. The normalized spacial score (nSPS) is 23.0. The molecule has 0 bridgehead atoms. The summed E-state index contributed by atoms with van der Waals surface area (Å²) in [6, 6.07) is 9.79. The molecule has 1 N–H and O–H groups in total. The van der Waals surface area contributed by atoms with Crippen LogP contribution in [0.1, 0.15) is 59.4 Å². The largest absolute Gasteiger partial charge is 0.375 e. The molecular weight excluding hydrogens is 474 g/mol. The van der Waals surface area contributed by atoms with Gasteiger partial charge >= 0.3 is 0 Å². The highest BCUT2D eigenvalue weighted by Crippen LogP contribution is 2.38. The molecule has 1 aliphatic carbocycles. The predicted octanol–water partition coefficient (Wildman–Crippen LogP) is 4.90. The minimum absolute atomic E-state index is 0.195. The van der Waals surface area contributed by atoms with Crippen molar-refractivity contribution in [2.24, 2.45) is 0 Å². The molecule has 7 nitrogen and oxygen atoms in total. The maximum atomic E-state index is 13.0. The number of hydrogen-bond donors (Lipinski definition) is 1. The van der Waals surface area contributed by atoms with E-state index in [1.54, 1.807) is 6.07 Å². The van der Waals surface area contributed by atoms with E-state index >= 15 is 0 Å². The molecule has 2 fully saturated rings. The highest BCUT2D eigenvalue weighted by molar-refractivity contribution is 5.94. The van der Waals surface area contributed by atoms with Gasteiger partial charge in [-0.3, -0.25) is 4.79 Å². The third-order valence-electron chi connectivity index (χ3n) is 7.39. The molecule has 7 heteroatoms. The molecule has 3 aliphatic rings. The average molecular weight is 508 g/mol. The van der Waals surface area contributed by atoms with Gasteiger partial charge in [0.2, 0.25) is 0 Å². The van der Waals surface area contributed by atoms with Gasteiger partial charge in [-0.15, -0.1) is 0 Å². The Balaban J connectivity index is 1.27. The van der Waals surface area contributed by atoms with Gasteiger partial charge in [0.05, 0.1) is 19.3 Å². The molecule has 0 spiro atoms. The van der Waals surface area contributed by atoms with Crippen LogP contribution in [0.2, 0.25) is 0 Å². The minimum Gasteiger partial charge on any atom is -0.375 e. The Kier molecular flexibility index (Phi) is 7.26. The minimum atomic E-state index is -0.762. The van der Waals surface area contributed by atoms with Crippen molar-refractivity contribution in [3.05, 3.63) is 101 Å². The molecule has 2 aliphatic heterocycles. The standard InChI is InChI=1S/C31H33N5O2/c1-4-5-22-11-13-36(28-10-12-33-29(35-28)23-6-7-23)17-26(22)14-21(2)16-34-30(37)24-8-9-25-18-38-20-31(3,19-32)27(25)15-24/h4-5,8-10,12,14-15,23H,1-2,6-7,11,13,16-18,20H2,3H3,(H,34,37)/b22-5-,26-14-/t31-/m1/s1. The fourth-order valence-electron chi connectivity index (χ4n) is 5.03. The number of hydrogen-bond acceptors (Lipinski definition) is 6. The van der Waals surface area contributed by atoms with Crippen LogP contribution in [-0.4, -0.2) is 42.1 Å². The molecule has 1 aromatic heterocycles. The highest BCUT2D eigenvalue weighted by atomic mass is 16.5. The van der Waals surface area contributed by atoms with Crippen LogP contribution in [0.5, 0.6) is 0 Å². The van der Waals surface area contributed by atoms with Crippen molar-refractivity contribution >= 4 is 11.7 Å². The Morgan fingerprint density at radius 2 is 2.18 bits per heavy atom. The SMILES string of the molecule is C=C/C=C1/CCN(c2ccnc(C3CC3)n2)C/C1=C/C(=C)CNC(=O)c1ccc2c(c1)[C@](C)(C#N)COC2. The van der Waals surface area contributed by atoms with Crippen LogP contribution in [-0.2, 0) is 16.8 Å². The first-order valence-corrected chi connectivity index (χ1v) is 13.1. The van der Waals surface area contributed by atoms with Gasteiger partial charge in [0.15, 0.2) is 0 Å². The second kappa shape index (κ2) is 10.8. The van der Waals surface area contributed by atoms with E-state index in [0.29, 0.717) is 37.8 Å². The van der Waals surface area contributed by atoms with Crippen molar-refractivity contribution < 1.29 is 9.53 Å². The third-order valence-corrected chi connectivity index (χ3v) is 7.39. The summed E-state index contributed by atoms with van der Waals surface area (Å²) >= 11 is 0. The van der Waals surface area contributed by atoms with Crippen LogP contribution in [0, 0.1) is 11.3 Å². The number of fused-ring (bicyclic) bond motifs is 1. The summed E-state index contributed by atoms with van der Waals surface area (Å²) in [7, 11) is 0. The number of rotatable bonds is 7. The number of benzene rings is 1. The number of allylic oxidation sites excluding steroid dienone is 2. The number of nitrogens with one attached hydrogen (secondary N) is 1. The zero-order valence-corrected chi connectivity index (χ0v) is 21.9. The number of amides is 1. The fraction of sp³-hybridized carbons (Fsp3) is 0.355. The lowest BCUT2D eigenvalue weighted by atomic mass is 9.79. The maximum Gasteiger partial charge on any atom is 0.251 e. The van der Waals surface area contributed by atoms with Gasteiger partial charge in [-0.2, -0.15) is 5.26 Å². The zero-order valence-electron chi connectivity index (χ0n) is 21.9. The van der Waals surface area contributed by atoms with E-state index in [1.165, 1.54) is 18.4 Å². The Morgan fingerprint density at radius 3 is 2.95 bits per heavy atom. The summed E-state index contributed by atoms with van der Waals surface area (Å²) in [5.41, 5.74) is 4.73. The van der Waals surface area contributed by atoms with Crippen molar-refractivity contribution in [2.45, 2.75) is 44.1 Å². The number of carbonyl (C=O) groups is 1. The summed E-state index contributed by atoms with van der Waals surface area (Å²) in [4.78, 5) is 24.5. The smallest absolute Gasteiger partial charge is 0.251 e. The second-order valence-corrected chi connectivity index (χ2v) is 10.5. The molecule has 2 aromatic rings. The Morgan fingerprint density at radius 1 is 1.34 bits per heavy atom. The Bertz CT molecular complexity index is 1380. The number of anilines is 1. The zero-order chi connectivity index (χ0) is 26.7. The van der Waals surface area contributed by atoms with E-state index in [-0.39, 0.29) is 5.91 Å². The van der Waals surface area contributed by atoms with Crippen molar-refractivity contribution in [1.82, 2.24) is 15.3 Å². The molecule has 3 heterocycles. The summed E-state index contributed by atoms with van der Waals surface area (Å²) in [5.74, 6) is 2.20. The molecule has 1 saturated heterocycles. The van der Waals surface area contributed by atoms with E-state index in [1.807, 2.05) is 43.5 Å². The van der Waals surface area contributed by atoms with Crippen molar-refractivity contribution in [3.63, 3.8) is 0 Å². The van der Waals surface area contributed by atoms with Gasteiger partial charge in [-0.05, 0) is 72.2 Å². The van der Waals surface area contributed by atoms with Gasteiger partial charge in [0, 0.05) is 37.3 Å². The number of nitriles is 1. The summed E-state index contributed by atoms with van der Waals surface area (Å²) in [5, 5.41) is 12.7. The van der Waals surface area contributed by atoms with E-state index in [0.717, 1.165) is 46.9 Å². The summed E-state index contributed by atoms with van der Waals surface area (Å²) < 4.78 is 5.57. The molecular formula is C31H33N5O2. The van der Waals surface area contributed by atoms with Crippen LogP contribution >= 0.6 is 0 Å². The summed E-state index contributed by atoms with van der Waals surface area (Å²) in [6.45, 7) is 12.6. The van der Waals surface area contributed by atoms with Crippen LogP contribution in [0.3, 0.4) is 0 Å². The maximum absolute atomic E-state index is 13.0. The van der Waals surface area contributed by atoms with E-state index in [9.17, 15) is 10.1 Å². The fourth-order valence-corrected chi connectivity index (χ4v) is 5.03. The van der Waals surface area contributed by atoms with Crippen molar-refractivity contribution in [3.8, 4) is 6.07 Å². The van der Waals surface area contributed by atoms with Crippen LogP contribution in [0.25, 0.3) is 0 Å². The molecule has 1 atom stereocenters. The highest BCUT2D eigenvalue weighted by Gasteiger charge is 2.33. The molecule has 1 amide bonds. The van der Waals surface area contributed by atoms with Crippen LogP contribution < -0.4 is 10.2 Å². The molecule has 1 saturated carbocycles. The van der Waals surface area contributed by atoms with E-state index in [4.69, 9.17) is 9.72 Å². The summed E-state index contributed by atoms with van der Waals surface area (Å²) in [6.07, 6.45) is 11.0. The number of carbonyl (C=O) groups excluding carboxylic acids is 1. The molecule has 0 radical (unpaired) electrons.